The van der Waals surface area contributed by atoms with Gasteiger partial charge in [0.05, 0.1) is 10.3 Å². The van der Waals surface area contributed by atoms with Gasteiger partial charge in [0, 0.05) is 12.7 Å². The van der Waals surface area contributed by atoms with Crippen molar-refractivity contribution in [1.29, 1.82) is 0 Å². The molecule has 2 aromatic carbocycles. The summed E-state index contributed by atoms with van der Waals surface area (Å²) in [6.45, 7) is 1.86. The largest absolute Gasteiger partial charge is 0.484 e. The molecule has 2 N–H and O–H groups in total. The van der Waals surface area contributed by atoms with Crippen LogP contribution >= 0.6 is 23.4 Å². The molecule has 8 nitrogen and oxygen atoms in total. The van der Waals surface area contributed by atoms with E-state index in [2.05, 4.69) is 20.8 Å². The number of carbonyl (C=O) groups excluding carboxylic acids is 2. The van der Waals surface area contributed by atoms with Gasteiger partial charge < -0.3 is 14.6 Å². The van der Waals surface area contributed by atoms with Crippen molar-refractivity contribution in [2.75, 3.05) is 5.32 Å². The Balaban J connectivity index is 1.53. The molecule has 0 spiro atoms. The molecule has 3 aromatic rings. The molecule has 1 aromatic heterocycles. The van der Waals surface area contributed by atoms with Crippen LogP contribution < -0.4 is 15.4 Å². The van der Waals surface area contributed by atoms with Gasteiger partial charge in [-0.2, -0.15) is 0 Å². The standard InChI is InChI=1S/C20H20ClN5O3S/c1-13(18(27)23-19(28)22-14-8-4-3-5-9-14)30-20-25-24-17(26(20)2)12-29-16-11-7-6-10-15(16)21/h3-11,13H,12H2,1-2H3,(H2,22,23,27,28). The van der Waals surface area contributed by atoms with E-state index in [0.29, 0.717) is 27.4 Å². The molecule has 10 heteroatoms. The van der Waals surface area contributed by atoms with Crippen molar-refractivity contribution in [2.45, 2.75) is 23.9 Å². The number of rotatable bonds is 7. The van der Waals surface area contributed by atoms with Crippen LogP contribution in [0.4, 0.5) is 10.5 Å². The van der Waals surface area contributed by atoms with E-state index in [1.807, 2.05) is 18.2 Å². The zero-order chi connectivity index (χ0) is 21.5. The van der Waals surface area contributed by atoms with Crippen LogP contribution in [0.1, 0.15) is 12.7 Å². The number of benzene rings is 2. The van der Waals surface area contributed by atoms with Crippen LogP contribution in [-0.2, 0) is 18.4 Å². The van der Waals surface area contributed by atoms with Gasteiger partial charge in [-0.15, -0.1) is 10.2 Å². The Hall–Kier alpha value is -3.04. The average Bonchev–Trinajstić information content (AvgIpc) is 3.07. The third-order valence-corrected chi connectivity index (χ3v) is 5.48. The number of amides is 3. The molecule has 1 heterocycles. The Morgan fingerprint density at radius 3 is 2.57 bits per heavy atom. The summed E-state index contributed by atoms with van der Waals surface area (Å²) in [6.07, 6.45) is 0. The van der Waals surface area contributed by atoms with Crippen molar-refractivity contribution in [3.8, 4) is 5.75 Å². The Morgan fingerprint density at radius 2 is 1.83 bits per heavy atom. The highest BCUT2D eigenvalue weighted by molar-refractivity contribution is 8.00. The fourth-order valence-corrected chi connectivity index (χ4v) is 3.41. The van der Waals surface area contributed by atoms with Crippen LogP contribution in [0.25, 0.3) is 0 Å². The van der Waals surface area contributed by atoms with E-state index in [1.165, 1.54) is 11.8 Å². The average molecular weight is 446 g/mol. The molecule has 30 heavy (non-hydrogen) atoms. The maximum absolute atomic E-state index is 12.3. The Morgan fingerprint density at radius 1 is 1.13 bits per heavy atom. The van der Waals surface area contributed by atoms with E-state index in [0.717, 1.165) is 0 Å². The number of thioether (sulfide) groups is 1. The summed E-state index contributed by atoms with van der Waals surface area (Å²) in [7, 11) is 1.78. The van der Waals surface area contributed by atoms with Gasteiger partial charge in [-0.25, -0.2) is 4.79 Å². The highest BCUT2D eigenvalue weighted by atomic mass is 35.5. The van der Waals surface area contributed by atoms with Crippen LogP contribution in [-0.4, -0.2) is 32.0 Å². The molecule has 1 atom stereocenters. The van der Waals surface area contributed by atoms with Crippen LogP contribution in [0.15, 0.2) is 59.8 Å². The molecule has 0 aliphatic carbocycles. The summed E-state index contributed by atoms with van der Waals surface area (Å²) < 4.78 is 7.41. The first-order valence-electron chi connectivity index (χ1n) is 9.03. The van der Waals surface area contributed by atoms with Crippen molar-refractivity contribution in [3.63, 3.8) is 0 Å². The molecule has 0 saturated carbocycles. The van der Waals surface area contributed by atoms with Crippen molar-refractivity contribution in [2.24, 2.45) is 7.05 Å². The number of anilines is 1. The van der Waals surface area contributed by atoms with E-state index in [9.17, 15) is 9.59 Å². The number of urea groups is 1. The number of carbonyl (C=O) groups is 2. The van der Waals surface area contributed by atoms with Crippen molar-refractivity contribution in [3.05, 3.63) is 65.4 Å². The minimum atomic E-state index is -0.592. The van der Waals surface area contributed by atoms with Gasteiger partial charge in [0.15, 0.2) is 11.0 Å². The Labute approximate surface area is 183 Å². The number of hydrogen-bond donors (Lipinski definition) is 2. The van der Waals surface area contributed by atoms with Crippen LogP contribution in [0.3, 0.4) is 0 Å². The Bertz CT molecular complexity index is 1030. The number of imide groups is 1. The summed E-state index contributed by atoms with van der Waals surface area (Å²) in [5.41, 5.74) is 0.597. The van der Waals surface area contributed by atoms with Gasteiger partial charge in [0.1, 0.15) is 12.4 Å². The van der Waals surface area contributed by atoms with Gasteiger partial charge in [-0.3, -0.25) is 10.1 Å². The molecule has 0 bridgehead atoms. The minimum absolute atomic E-state index is 0.174. The SMILES string of the molecule is CC(Sc1nnc(COc2ccccc2Cl)n1C)C(=O)NC(=O)Nc1ccccc1. The molecular weight excluding hydrogens is 426 g/mol. The fraction of sp³-hybridized carbons (Fsp3) is 0.200. The number of hydrogen-bond acceptors (Lipinski definition) is 6. The normalized spacial score (nSPS) is 11.6. The second-order valence-electron chi connectivity index (χ2n) is 6.25. The Kier molecular flexibility index (Phi) is 7.31. The third kappa shape index (κ3) is 5.74. The predicted molar refractivity (Wildman–Crippen MR) is 116 cm³/mol. The fourth-order valence-electron chi connectivity index (χ4n) is 2.39. The second kappa shape index (κ2) is 10.1. The topological polar surface area (TPSA) is 98.1 Å². The molecule has 156 valence electrons. The van der Waals surface area contributed by atoms with E-state index in [4.69, 9.17) is 16.3 Å². The highest BCUT2D eigenvalue weighted by Gasteiger charge is 2.21. The quantitative estimate of drug-likeness (QED) is 0.535. The zero-order valence-electron chi connectivity index (χ0n) is 16.3. The number of halogens is 1. The van der Waals surface area contributed by atoms with Gasteiger partial charge in [0.2, 0.25) is 5.91 Å². The van der Waals surface area contributed by atoms with Gasteiger partial charge in [0.25, 0.3) is 0 Å². The third-order valence-electron chi connectivity index (χ3n) is 4.04. The lowest BCUT2D eigenvalue weighted by Gasteiger charge is -2.12. The minimum Gasteiger partial charge on any atom is -0.484 e. The number of nitrogens with one attached hydrogen (secondary N) is 2. The van der Waals surface area contributed by atoms with E-state index in [-0.39, 0.29) is 6.61 Å². The van der Waals surface area contributed by atoms with E-state index >= 15 is 0 Å². The van der Waals surface area contributed by atoms with Crippen molar-refractivity contribution >= 4 is 41.0 Å². The summed E-state index contributed by atoms with van der Waals surface area (Å²) >= 11 is 7.27. The molecule has 0 fully saturated rings. The number of para-hydroxylation sites is 2. The summed E-state index contributed by atoms with van der Waals surface area (Å²) in [5, 5.41) is 13.6. The summed E-state index contributed by atoms with van der Waals surface area (Å²) in [6, 6.07) is 15.4. The van der Waals surface area contributed by atoms with Crippen molar-refractivity contribution < 1.29 is 14.3 Å². The first-order chi connectivity index (χ1) is 14.4. The lowest BCUT2D eigenvalue weighted by atomic mass is 10.3. The lowest BCUT2D eigenvalue weighted by Crippen LogP contribution is -2.38. The van der Waals surface area contributed by atoms with Gasteiger partial charge >= 0.3 is 6.03 Å². The zero-order valence-corrected chi connectivity index (χ0v) is 17.9. The first kappa shape index (κ1) is 21.7. The van der Waals surface area contributed by atoms with Crippen molar-refractivity contribution in [1.82, 2.24) is 20.1 Å². The molecule has 0 radical (unpaired) electrons. The number of ether oxygens (including phenoxy) is 1. The summed E-state index contributed by atoms with van der Waals surface area (Å²) in [4.78, 5) is 24.3. The molecule has 0 saturated heterocycles. The number of nitrogens with zero attached hydrogens (tertiary/aromatic N) is 3. The highest BCUT2D eigenvalue weighted by Crippen LogP contribution is 2.25. The van der Waals surface area contributed by atoms with E-state index < -0.39 is 17.2 Å². The number of aromatic nitrogens is 3. The van der Waals surface area contributed by atoms with Crippen LogP contribution in [0.5, 0.6) is 5.75 Å². The molecule has 3 amide bonds. The molecule has 1 unspecified atom stereocenters. The monoisotopic (exact) mass is 445 g/mol. The molecular formula is C20H20ClN5O3S. The predicted octanol–water partition coefficient (Wildman–Crippen LogP) is 3.88. The van der Waals surface area contributed by atoms with Gasteiger partial charge in [-0.1, -0.05) is 53.7 Å². The van der Waals surface area contributed by atoms with Crippen LogP contribution in [0, 0.1) is 0 Å². The summed E-state index contributed by atoms with van der Waals surface area (Å²) in [5.74, 6) is 0.686. The second-order valence-corrected chi connectivity index (χ2v) is 7.96. The molecule has 0 aliphatic rings. The lowest BCUT2D eigenvalue weighted by molar-refractivity contribution is -0.119. The maximum Gasteiger partial charge on any atom is 0.325 e. The van der Waals surface area contributed by atoms with E-state index in [1.54, 1.807) is 54.9 Å². The van der Waals surface area contributed by atoms with Crippen LogP contribution in [0.2, 0.25) is 5.02 Å². The molecule has 3 rings (SSSR count). The maximum atomic E-state index is 12.3. The molecule has 0 aliphatic heterocycles. The first-order valence-corrected chi connectivity index (χ1v) is 10.3. The smallest absolute Gasteiger partial charge is 0.325 e. The van der Waals surface area contributed by atoms with Gasteiger partial charge in [-0.05, 0) is 31.2 Å².